The molecule has 0 bridgehead atoms. The Morgan fingerprint density at radius 1 is 0.750 bits per heavy atom. The van der Waals surface area contributed by atoms with Crippen LogP contribution in [0.4, 0.5) is 5.69 Å². The van der Waals surface area contributed by atoms with Crippen molar-refractivity contribution in [1.82, 2.24) is 0 Å². The number of hydrogen-bond acceptors (Lipinski definition) is 4. The van der Waals surface area contributed by atoms with E-state index in [2.05, 4.69) is 6.07 Å². The zero-order valence-corrected chi connectivity index (χ0v) is 15.6. The lowest BCUT2D eigenvalue weighted by molar-refractivity contribution is 0.596. The molecule has 0 amide bonds. The molecule has 0 heterocycles. The zero-order chi connectivity index (χ0) is 19.7. The van der Waals surface area contributed by atoms with E-state index in [1.165, 1.54) is 18.2 Å². The molecule has 0 fully saturated rings. The van der Waals surface area contributed by atoms with Crippen molar-refractivity contribution >= 4 is 26.3 Å². The minimum Gasteiger partial charge on any atom is -0.398 e. The molecule has 0 atom stereocenters. The first-order chi connectivity index (χ1) is 13.5. The maximum absolute atomic E-state index is 13.0. The molecule has 0 spiro atoms. The molecule has 0 aromatic heterocycles. The first kappa shape index (κ1) is 17.8. The van der Waals surface area contributed by atoms with E-state index >= 15 is 0 Å². The van der Waals surface area contributed by atoms with Crippen molar-refractivity contribution in [2.45, 2.75) is 9.79 Å². The molecular formula is C23H16N2O2S. The summed E-state index contributed by atoms with van der Waals surface area (Å²) < 4.78 is 26.0. The fraction of sp³-hybridized carbons (Fsp3) is 0. The molecule has 4 nitrogen and oxygen atoms in total. The summed E-state index contributed by atoms with van der Waals surface area (Å²) in [4.78, 5) is 0.0487. The normalized spacial score (nSPS) is 11.2. The number of hydrogen-bond donors (Lipinski definition) is 1. The van der Waals surface area contributed by atoms with E-state index in [-0.39, 0.29) is 21.0 Å². The van der Waals surface area contributed by atoms with Gasteiger partial charge in [0.2, 0.25) is 9.84 Å². The SMILES string of the molecule is N#Cc1c(N)cccc1S(=O)(=O)c1ccc(-c2ccc3ccccc3c2)cc1. The number of rotatable bonds is 3. The van der Waals surface area contributed by atoms with Gasteiger partial charge in [0.05, 0.1) is 21.0 Å². The molecular weight excluding hydrogens is 368 g/mol. The zero-order valence-electron chi connectivity index (χ0n) is 14.8. The molecule has 4 aromatic rings. The molecule has 0 saturated heterocycles. The summed E-state index contributed by atoms with van der Waals surface area (Å²) in [6.07, 6.45) is 0. The van der Waals surface area contributed by atoms with Crippen LogP contribution in [0.15, 0.2) is 94.7 Å². The van der Waals surface area contributed by atoms with Crippen LogP contribution in [0.5, 0.6) is 0 Å². The molecule has 28 heavy (non-hydrogen) atoms. The summed E-state index contributed by atoms with van der Waals surface area (Å²) in [6, 6.07) is 27.2. The lowest BCUT2D eigenvalue weighted by Crippen LogP contribution is -2.06. The van der Waals surface area contributed by atoms with Gasteiger partial charge in [0.15, 0.2) is 0 Å². The Kier molecular flexibility index (Phi) is 4.34. The number of nitrogen functional groups attached to an aromatic ring is 1. The highest BCUT2D eigenvalue weighted by molar-refractivity contribution is 7.91. The van der Waals surface area contributed by atoms with Crippen molar-refractivity contribution in [3.63, 3.8) is 0 Å². The molecule has 4 rings (SSSR count). The van der Waals surface area contributed by atoms with Crippen LogP contribution in [0.2, 0.25) is 0 Å². The van der Waals surface area contributed by atoms with Gasteiger partial charge in [-0.15, -0.1) is 0 Å². The Labute approximate surface area is 163 Å². The Bertz CT molecular complexity index is 1340. The van der Waals surface area contributed by atoms with Crippen LogP contribution in [0.3, 0.4) is 0 Å². The number of fused-ring (bicyclic) bond motifs is 1. The average molecular weight is 384 g/mol. The number of nitriles is 1. The van der Waals surface area contributed by atoms with Crippen molar-refractivity contribution in [2.24, 2.45) is 0 Å². The standard InChI is InChI=1S/C23H16N2O2S/c24-15-21-22(25)6-3-7-23(21)28(26,27)20-12-10-17(11-13-20)19-9-8-16-4-1-2-5-18(16)14-19/h1-14H,25H2. The fourth-order valence-electron chi connectivity index (χ4n) is 3.21. The summed E-state index contributed by atoms with van der Waals surface area (Å²) in [7, 11) is -3.84. The first-order valence-electron chi connectivity index (χ1n) is 8.63. The van der Waals surface area contributed by atoms with Gasteiger partial charge in [0.25, 0.3) is 0 Å². The van der Waals surface area contributed by atoms with Gasteiger partial charge in [-0.3, -0.25) is 0 Å². The van der Waals surface area contributed by atoms with Crippen LogP contribution in [0.25, 0.3) is 21.9 Å². The molecule has 136 valence electrons. The predicted octanol–water partition coefficient (Wildman–Crippen LogP) is 4.79. The summed E-state index contributed by atoms with van der Waals surface area (Å²) in [6.45, 7) is 0. The molecule has 0 aliphatic rings. The molecule has 2 N–H and O–H groups in total. The summed E-state index contributed by atoms with van der Waals surface area (Å²) in [5.41, 5.74) is 7.81. The largest absolute Gasteiger partial charge is 0.398 e. The summed E-state index contributed by atoms with van der Waals surface area (Å²) >= 11 is 0. The smallest absolute Gasteiger partial charge is 0.207 e. The van der Waals surface area contributed by atoms with E-state index in [1.807, 2.05) is 42.5 Å². The van der Waals surface area contributed by atoms with E-state index in [4.69, 9.17) is 5.73 Å². The summed E-state index contributed by atoms with van der Waals surface area (Å²) in [5.74, 6) is 0. The van der Waals surface area contributed by atoms with Crippen LogP contribution in [0, 0.1) is 11.3 Å². The van der Waals surface area contributed by atoms with Crippen molar-refractivity contribution < 1.29 is 8.42 Å². The van der Waals surface area contributed by atoms with Crippen LogP contribution < -0.4 is 5.73 Å². The fourth-order valence-corrected chi connectivity index (χ4v) is 4.65. The topological polar surface area (TPSA) is 83.9 Å². The third kappa shape index (κ3) is 3.00. The Morgan fingerprint density at radius 3 is 2.14 bits per heavy atom. The van der Waals surface area contributed by atoms with Crippen molar-refractivity contribution in [3.05, 3.63) is 90.5 Å². The van der Waals surface area contributed by atoms with E-state index in [0.29, 0.717) is 0 Å². The molecule has 0 radical (unpaired) electrons. The van der Waals surface area contributed by atoms with E-state index < -0.39 is 9.84 Å². The number of nitrogens with two attached hydrogens (primary N) is 1. The minimum atomic E-state index is -3.84. The molecule has 0 aliphatic carbocycles. The van der Waals surface area contributed by atoms with Gasteiger partial charge >= 0.3 is 0 Å². The van der Waals surface area contributed by atoms with Gasteiger partial charge in [-0.25, -0.2) is 8.42 Å². The molecule has 0 saturated carbocycles. The Hall–Kier alpha value is -3.62. The number of nitrogens with zero attached hydrogens (tertiary/aromatic N) is 1. The average Bonchev–Trinajstić information content (AvgIpc) is 2.73. The van der Waals surface area contributed by atoms with Crippen molar-refractivity contribution in [3.8, 4) is 17.2 Å². The van der Waals surface area contributed by atoms with E-state index in [0.717, 1.165) is 21.9 Å². The lowest BCUT2D eigenvalue weighted by atomic mass is 10.0. The molecule has 0 aliphatic heterocycles. The van der Waals surface area contributed by atoms with Crippen LogP contribution in [-0.2, 0) is 9.84 Å². The highest BCUT2D eigenvalue weighted by Gasteiger charge is 2.22. The number of benzene rings is 4. The Morgan fingerprint density at radius 2 is 1.43 bits per heavy atom. The third-order valence-corrected chi connectivity index (χ3v) is 6.52. The molecule has 4 aromatic carbocycles. The summed E-state index contributed by atoms with van der Waals surface area (Å²) in [5, 5.41) is 11.6. The van der Waals surface area contributed by atoms with Gasteiger partial charge in [-0.2, -0.15) is 5.26 Å². The second-order valence-corrected chi connectivity index (χ2v) is 8.34. The highest BCUT2D eigenvalue weighted by atomic mass is 32.2. The lowest BCUT2D eigenvalue weighted by Gasteiger charge is -2.09. The quantitative estimate of drug-likeness (QED) is 0.515. The Balaban J connectivity index is 1.75. The van der Waals surface area contributed by atoms with Gasteiger partial charge < -0.3 is 5.73 Å². The van der Waals surface area contributed by atoms with Crippen molar-refractivity contribution in [1.29, 1.82) is 5.26 Å². The maximum Gasteiger partial charge on any atom is 0.207 e. The van der Waals surface area contributed by atoms with Gasteiger partial charge in [-0.1, -0.05) is 54.6 Å². The van der Waals surface area contributed by atoms with Crippen molar-refractivity contribution in [2.75, 3.05) is 5.73 Å². The third-order valence-electron chi connectivity index (χ3n) is 4.71. The van der Waals surface area contributed by atoms with Gasteiger partial charge in [-0.05, 0) is 52.2 Å². The first-order valence-corrected chi connectivity index (χ1v) is 10.1. The van der Waals surface area contributed by atoms with Gasteiger partial charge in [0.1, 0.15) is 6.07 Å². The van der Waals surface area contributed by atoms with Gasteiger partial charge in [0, 0.05) is 0 Å². The second-order valence-electron chi connectivity index (χ2n) is 6.42. The van der Waals surface area contributed by atoms with E-state index in [1.54, 1.807) is 24.3 Å². The monoisotopic (exact) mass is 384 g/mol. The number of anilines is 1. The predicted molar refractivity (Wildman–Crippen MR) is 110 cm³/mol. The van der Waals surface area contributed by atoms with Crippen LogP contribution in [-0.4, -0.2) is 8.42 Å². The maximum atomic E-state index is 13.0. The second kappa shape index (κ2) is 6.84. The highest BCUT2D eigenvalue weighted by Crippen LogP contribution is 2.30. The van der Waals surface area contributed by atoms with Crippen LogP contribution in [0.1, 0.15) is 5.56 Å². The molecule has 5 heteroatoms. The molecule has 0 unspecified atom stereocenters. The minimum absolute atomic E-state index is 0.0268. The van der Waals surface area contributed by atoms with Crippen LogP contribution >= 0.6 is 0 Å². The van der Waals surface area contributed by atoms with E-state index in [9.17, 15) is 13.7 Å². The number of sulfone groups is 1.